The fourth-order valence-corrected chi connectivity index (χ4v) is 1.11. The lowest BCUT2D eigenvalue weighted by Gasteiger charge is -2.06. The molecule has 0 spiro atoms. The molecule has 0 bridgehead atoms. The summed E-state index contributed by atoms with van der Waals surface area (Å²) in [7, 11) is 0. The summed E-state index contributed by atoms with van der Waals surface area (Å²) in [6.45, 7) is 1.15. The Kier molecular flexibility index (Phi) is 3.97. The first-order chi connectivity index (χ1) is 7.83. The molecule has 17 heavy (non-hydrogen) atoms. The number of aromatic nitrogens is 2. The number of alkyl halides is 3. The normalized spacial score (nSPS) is 11.5. The Morgan fingerprint density at radius 1 is 1.59 bits per heavy atom. The van der Waals surface area contributed by atoms with E-state index in [0.29, 0.717) is 4.68 Å². The summed E-state index contributed by atoms with van der Waals surface area (Å²) < 4.78 is 41.1. The van der Waals surface area contributed by atoms with Crippen LogP contribution in [0.5, 0.6) is 5.88 Å². The predicted octanol–water partition coefficient (Wildman–Crippen LogP) is 1.72. The largest absolute Gasteiger partial charge is 0.493 e. The fourth-order valence-electron chi connectivity index (χ4n) is 1.11. The molecule has 1 aromatic rings. The summed E-state index contributed by atoms with van der Waals surface area (Å²) in [5, 5.41) is 12.8. The van der Waals surface area contributed by atoms with Crippen LogP contribution in [0, 0.1) is 0 Å². The van der Waals surface area contributed by atoms with Crippen molar-refractivity contribution in [1.82, 2.24) is 9.78 Å². The lowest BCUT2D eigenvalue weighted by atomic mass is 10.4. The van der Waals surface area contributed by atoms with Gasteiger partial charge in [-0.2, -0.15) is 18.3 Å². The number of aryl methyl sites for hydroxylation is 1. The smallest absolute Gasteiger partial charge is 0.390 e. The highest BCUT2D eigenvalue weighted by molar-refractivity contribution is 5.87. The number of halogens is 3. The van der Waals surface area contributed by atoms with Crippen LogP contribution in [0.25, 0.3) is 0 Å². The Hall–Kier alpha value is -1.73. The third kappa shape index (κ3) is 3.97. The van der Waals surface area contributed by atoms with Crippen molar-refractivity contribution in [2.24, 2.45) is 0 Å². The van der Waals surface area contributed by atoms with E-state index >= 15 is 0 Å². The second-order valence-corrected chi connectivity index (χ2v) is 3.20. The molecule has 0 saturated heterocycles. The van der Waals surface area contributed by atoms with Gasteiger partial charge in [0.15, 0.2) is 5.69 Å². The van der Waals surface area contributed by atoms with Crippen molar-refractivity contribution in [1.29, 1.82) is 0 Å². The average molecular weight is 252 g/mol. The number of nitrogens with zero attached hydrogens (tertiary/aromatic N) is 2. The molecule has 5 nitrogen and oxygen atoms in total. The third-order valence-electron chi connectivity index (χ3n) is 1.85. The van der Waals surface area contributed by atoms with Crippen LogP contribution >= 0.6 is 0 Å². The minimum atomic E-state index is -4.34. The molecule has 0 radical (unpaired) electrons. The molecule has 1 rings (SSSR count). The van der Waals surface area contributed by atoms with Crippen molar-refractivity contribution in [3.8, 4) is 5.88 Å². The molecule has 0 aliphatic rings. The molecule has 0 saturated carbocycles. The van der Waals surface area contributed by atoms with Crippen LogP contribution in [-0.2, 0) is 11.3 Å². The quantitative estimate of drug-likeness (QED) is 0.828. The molecule has 0 aliphatic carbocycles. The highest BCUT2D eigenvalue weighted by Crippen LogP contribution is 2.22. The number of aromatic hydroxyl groups is 1. The van der Waals surface area contributed by atoms with Crippen LogP contribution in [0.1, 0.15) is 23.8 Å². The second kappa shape index (κ2) is 5.07. The number of esters is 1. The van der Waals surface area contributed by atoms with Crippen molar-refractivity contribution >= 4 is 5.97 Å². The number of ether oxygens (including phenoxy) is 1. The van der Waals surface area contributed by atoms with Crippen LogP contribution in [0.15, 0.2) is 6.07 Å². The monoisotopic (exact) mass is 252 g/mol. The maximum absolute atomic E-state index is 11.9. The molecule has 96 valence electrons. The first kappa shape index (κ1) is 13.3. The first-order valence-electron chi connectivity index (χ1n) is 4.84. The molecule has 0 amide bonds. The highest BCUT2D eigenvalue weighted by Gasteiger charge is 2.27. The number of rotatable bonds is 4. The van der Waals surface area contributed by atoms with Gasteiger partial charge in [0.25, 0.3) is 0 Å². The minimum absolute atomic E-state index is 0.120. The molecule has 1 aromatic heterocycles. The van der Waals surface area contributed by atoms with Crippen LogP contribution in [0.4, 0.5) is 13.2 Å². The van der Waals surface area contributed by atoms with Gasteiger partial charge < -0.3 is 9.84 Å². The molecule has 0 unspecified atom stereocenters. The Morgan fingerprint density at radius 2 is 2.24 bits per heavy atom. The minimum Gasteiger partial charge on any atom is -0.493 e. The van der Waals surface area contributed by atoms with Gasteiger partial charge in [0.2, 0.25) is 5.88 Å². The van der Waals surface area contributed by atoms with E-state index in [2.05, 4.69) is 9.84 Å². The molecule has 0 atom stereocenters. The summed E-state index contributed by atoms with van der Waals surface area (Å²) >= 11 is 0. The van der Waals surface area contributed by atoms with Gasteiger partial charge in [0.05, 0.1) is 19.6 Å². The Morgan fingerprint density at radius 3 is 2.76 bits per heavy atom. The molecule has 8 heteroatoms. The molecular weight excluding hydrogens is 241 g/mol. The summed E-state index contributed by atoms with van der Waals surface area (Å²) in [5.74, 6) is -1.29. The molecule has 0 aromatic carbocycles. The number of carbonyl (C=O) groups excluding carboxylic acids is 1. The van der Waals surface area contributed by atoms with E-state index in [1.807, 2.05) is 0 Å². The van der Waals surface area contributed by atoms with Crippen LogP contribution in [0.3, 0.4) is 0 Å². The van der Waals surface area contributed by atoms with Gasteiger partial charge in [-0.25, -0.2) is 9.48 Å². The number of carbonyl (C=O) groups is 1. The number of hydrogen-bond acceptors (Lipinski definition) is 4. The number of hydrogen-bond donors (Lipinski definition) is 1. The second-order valence-electron chi connectivity index (χ2n) is 3.20. The zero-order valence-electron chi connectivity index (χ0n) is 8.99. The Balaban J connectivity index is 2.72. The summed E-state index contributed by atoms with van der Waals surface area (Å²) in [6, 6.07) is 0.967. The van der Waals surface area contributed by atoms with Gasteiger partial charge in [-0.3, -0.25) is 0 Å². The van der Waals surface area contributed by atoms with Gasteiger partial charge in [0.1, 0.15) is 0 Å². The SMILES string of the molecule is CCOC(=O)c1cc(O)n(CCC(F)(F)F)n1. The average Bonchev–Trinajstić information content (AvgIpc) is 2.56. The summed E-state index contributed by atoms with van der Waals surface area (Å²) in [6.07, 6.45) is -5.48. The van der Waals surface area contributed by atoms with E-state index in [9.17, 15) is 23.1 Å². The standard InChI is InChI=1S/C9H11F3N2O3/c1-2-17-8(16)6-5-7(15)14(13-6)4-3-9(10,11)12/h5,15H,2-4H2,1H3. The molecule has 1 heterocycles. The zero-order valence-corrected chi connectivity index (χ0v) is 8.99. The van der Waals surface area contributed by atoms with E-state index in [1.165, 1.54) is 0 Å². The predicted molar refractivity (Wildman–Crippen MR) is 50.5 cm³/mol. The lowest BCUT2D eigenvalue weighted by Crippen LogP contribution is -2.13. The van der Waals surface area contributed by atoms with Crippen molar-refractivity contribution in [3.63, 3.8) is 0 Å². The zero-order chi connectivity index (χ0) is 13.1. The summed E-state index contributed by atoms with van der Waals surface area (Å²) in [4.78, 5) is 11.2. The molecular formula is C9H11F3N2O3. The maximum Gasteiger partial charge on any atom is 0.390 e. The Bertz CT molecular complexity index is 401. The lowest BCUT2D eigenvalue weighted by molar-refractivity contribution is -0.137. The summed E-state index contributed by atoms with van der Waals surface area (Å²) in [5.41, 5.74) is -0.216. The van der Waals surface area contributed by atoms with Crippen molar-refractivity contribution in [2.75, 3.05) is 6.61 Å². The van der Waals surface area contributed by atoms with E-state index in [1.54, 1.807) is 6.92 Å². The van der Waals surface area contributed by atoms with E-state index in [4.69, 9.17) is 0 Å². The van der Waals surface area contributed by atoms with Gasteiger partial charge in [0, 0.05) is 6.07 Å². The van der Waals surface area contributed by atoms with E-state index < -0.39 is 31.0 Å². The van der Waals surface area contributed by atoms with Gasteiger partial charge in [-0.05, 0) is 6.92 Å². The maximum atomic E-state index is 11.9. The van der Waals surface area contributed by atoms with Gasteiger partial charge in [-0.15, -0.1) is 0 Å². The molecule has 0 fully saturated rings. The molecule has 1 N–H and O–H groups in total. The Labute approximate surface area is 94.8 Å². The van der Waals surface area contributed by atoms with Gasteiger partial charge in [-0.1, -0.05) is 0 Å². The van der Waals surface area contributed by atoms with E-state index in [0.717, 1.165) is 6.07 Å². The highest BCUT2D eigenvalue weighted by atomic mass is 19.4. The van der Waals surface area contributed by atoms with Gasteiger partial charge >= 0.3 is 12.1 Å². The fraction of sp³-hybridized carbons (Fsp3) is 0.556. The van der Waals surface area contributed by atoms with E-state index in [-0.39, 0.29) is 12.3 Å². The topological polar surface area (TPSA) is 64.3 Å². The van der Waals surface area contributed by atoms with Crippen LogP contribution < -0.4 is 0 Å². The third-order valence-corrected chi connectivity index (χ3v) is 1.85. The van der Waals surface area contributed by atoms with Crippen molar-refractivity contribution in [3.05, 3.63) is 11.8 Å². The van der Waals surface area contributed by atoms with Crippen LogP contribution in [-0.4, -0.2) is 33.6 Å². The van der Waals surface area contributed by atoms with Crippen molar-refractivity contribution in [2.45, 2.75) is 26.1 Å². The first-order valence-corrected chi connectivity index (χ1v) is 4.84. The van der Waals surface area contributed by atoms with Crippen LogP contribution in [0.2, 0.25) is 0 Å². The molecule has 0 aliphatic heterocycles. The van der Waals surface area contributed by atoms with Crippen molar-refractivity contribution < 1.29 is 27.8 Å².